The van der Waals surface area contributed by atoms with Gasteiger partial charge in [-0.05, 0) is 38.5 Å². The van der Waals surface area contributed by atoms with E-state index in [0.29, 0.717) is 19.3 Å². The first-order chi connectivity index (χ1) is 26.4. The second-order valence-corrected chi connectivity index (χ2v) is 14.6. The molecule has 1 radical (unpaired) electrons. The van der Waals surface area contributed by atoms with Gasteiger partial charge in [0.2, 0.25) is 0 Å². The molecular formula is C39H74NNaO10P. The number of carboxylic acid groups (broad SMARTS) is 1. The number of phosphoric ester groups is 1. The Balaban J connectivity index is 0. The Bertz CT molecular complexity index is 1160. The van der Waals surface area contributed by atoms with Gasteiger partial charge in [0.1, 0.15) is 12.6 Å². The Morgan fingerprint density at radius 3 is 1.54 bits per heavy atom. The molecule has 0 amide bonds. The molecule has 4 N–H and O–H groups in total. The van der Waals surface area contributed by atoms with Crippen molar-refractivity contribution >= 4 is 55.3 Å². The van der Waals surface area contributed by atoms with E-state index in [4.69, 9.17) is 27.2 Å². The molecule has 0 aliphatic heterocycles. The summed E-state index contributed by atoms with van der Waals surface area (Å²) < 4.78 is 73.3. The monoisotopic (exact) mass is 776 g/mol. The molecule has 13 heteroatoms. The van der Waals surface area contributed by atoms with Crippen molar-refractivity contribution in [3.05, 3.63) is 12.2 Å². The minimum Gasteiger partial charge on any atom is -0.480 e. The number of allylic oxidation sites excluding steroid dienone is 2. The SMILES string of the molecule is [2H]C([2H])(OC(=O)CCCCCCCCCCCCCCCC)[C@@]([2H])(OC(=O)CCCCCCC/C=C/CCCCCC)C([2H])([2H])OP(=O)(O)OC[C@H](N)C(=O)O.[Na]. The van der Waals surface area contributed by atoms with Gasteiger partial charge >= 0.3 is 25.7 Å². The molecule has 0 aromatic carbocycles. The van der Waals surface area contributed by atoms with Crippen LogP contribution >= 0.6 is 7.82 Å². The molecule has 0 saturated heterocycles. The summed E-state index contributed by atoms with van der Waals surface area (Å²) in [6.07, 6.45) is 25.4. The van der Waals surface area contributed by atoms with Gasteiger partial charge in [-0.15, -0.1) is 0 Å². The molecule has 0 fully saturated rings. The molecule has 0 bridgehead atoms. The summed E-state index contributed by atoms with van der Waals surface area (Å²) in [5, 5.41) is 8.92. The molecule has 0 aliphatic carbocycles. The molecule has 1 unspecified atom stereocenters. The van der Waals surface area contributed by atoms with Crippen LogP contribution in [0, 0.1) is 0 Å². The molecule has 0 aliphatic rings. The number of ether oxygens (including phenoxy) is 2. The summed E-state index contributed by atoms with van der Waals surface area (Å²) >= 11 is 0. The average Bonchev–Trinajstić information content (AvgIpc) is 3.11. The Morgan fingerprint density at radius 2 is 1.08 bits per heavy atom. The van der Waals surface area contributed by atoms with Crippen molar-refractivity contribution in [3.63, 3.8) is 0 Å². The second kappa shape index (κ2) is 38.5. The maximum Gasteiger partial charge on any atom is 0.472 e. The van der Waals surface area contributed by atoms with Crippen molar-refractivity contribution in [2.45, 2.75) is 199 Å². The van der Waals surface area contributed by atoms with E-state index in [1.165, 1.54) is 77.0 Å². The van der Waals surface area contributed by atoms with Crippen molar-refractivity contribution in [1.82, 2.24) is 0 Å². The quantitative estimate of drug-likeness (QED) is 0.0179. The molecule has 52 heavy (non-hydrogen) atoms. The summed E-state index contributed by atoms with van der Waals surface area (Å²) in [6, 6.07) is -1.80. The number of unbranched alkanes of at least 4 members (excludes halogenated alkanes) is 22. The fourth-order valence-corrected chi connectivity index (χ4v) is 5.80. The number of hydrogen-bond donors (Lipinski definition) is 3. The second-order valence-electron chi connectivity index (χ2n) is 13.3. The van der Waals surface area contributed by atoms with E-state index in [0.717, 1.165) is 57.8 Å². The smallest absolute Gasteiger partial charge is 0.472 e. The minimum atomic E-state index is -5.59. The minimum absolute atomic E-state index is 0. The first kappa shape index (κ1) is 43.9. The van der Waals surface area contributed by atoms with Gasteiger partial charge < -0.3 is 25.2 Å². The van der Waals surface area contributed by atoms with Gasteiger partial charge in [0.05, 0.1) is 20.0 Å². The molecular weight excluding hydrogens is 696 g/mol. The number of aliphatic carboxylic acids is 1. The summed E-state index contributed by atoms with van der Waals surface area (Å²) in [6.45, 7) is -4.41. The van der Waals surface area contributed by atoms with Crippen LogP contribution in [0.5, 0.6) is 0 Å². The Kier molecular flexibility index (Phi) is 32.5. The topological polar surface area (TPSA) is 172 Å². The van der Waals surface area contributed by atoms with Crippen molar-refractivity contribution in [1.29, 1.82) is 0 Å². The molecule has 0 heterocycles. The van der Waals surface area contributed by atoms with Gasteiger partial charge in [0.25, 0.3) is 0 Å². The molecule has 0 aromatic heterocycles. The summed E-state index contributed by atoms with van der Waals surface area (Å²) in [7, 11) is -5.59. The van der Waals surface area contributed by atoms with E-state index < -0.39 is 57.6 Å². The molecule has 0 spiro atoms. The fourth-order valence-electron chi connectivity index (χ4n) is 5.20. The zero-order chi connectivity index (χ0) is 42.4. The summed E-state index contributed by atoms with van der Waals surface area (Å²) in [5.41, 5.74) is 5.26. The van der Waals surface area contributed by atoms with Gasteiger partial charge in [-0.2, -0.15) is 0 Å². The third-order valence-corrected chi connectivity index (χ3v) is 9.14. The van der Waals surface area contributed by atoms with Crippen molar-refractivity contribution in [2.24, 2.45) is 5.73 Å². The number of rotatable bonds is 38. The standard InChI is InChI=1S/C39H74NO10P.Na/c1-3-5-7-9-11-13-15-17-19-20-22-24-26-28-30-37(41)47-32-35(33-48-51(45,46)49-34-36(40)39(43)44)50-38(42)31-29-27-25-23-21-18-16-14-12-10-8-6-4-2;/h14,16,35-36H,3-13,15,17-34,40H2,1-2H3,(H,43,44)(H,45,46);/b16-14+;/t35-,36+;/m1./s1/i32D2,33D2,35D;. The number of hydrogen-bond acceptors (Lipinski definition) is 9. The van der Waals surface area contributed by atoms with Crippen molar-refractivity contribution < 1.29 is 54.3 Å². The van der Waals surface area contributed by atoms with Crippen LogP contribution in [0.4, 0.5) is 0 Å². The molecule has 301 valence electrons. The van der Waals surface area contributed by atoms with Gasteiger partial charge in [-0.25, -0.2) is 4.57 Å². The van der Waals surface area contributed by atoms with Crippen LogP contribution in [0.25, 0.3) is 0 Å². The largest absolute Gasteiger partial charge is 0.480 e. The maximum atomic E-state index is 12.9. The van der Waals surface area contributed by atoms with E-state index in [-0.39, 0.29) is 48.8 Å². The Hall–Kier alpha value is -0.780. The van der Waals surface area contributed by atoms with Crippen LogP contribution < -0.4 is 5.73 Å². The van der Waals surface area contributed by atoms with Gasteiger partial charge in [0.15, 0.2) is 6.08 Å². The average molecular weight is 776 g/mol. The van der Waals surface area contributed by atoms with Gasteiger partial charge in [-0.3, -0.25) is 23.4 Å². The van der Waals surface area contributed by atoms with Crippen molar-refractivity contribution in [3.8, 4) is 0 Å². The third-order valence-electron chi connectivity index (χ3n) is 8.34. The van der Waals surface area contributed by atoms with E-state index in [2.05, 4.69) is 35.0 Å². The van der Waals surface area contributed by atoms with E-state index in [1.807, 2.05) is 0 Å². The normalized spacial score (nSPS) is 16.3. The number of carbonyl (C=O) groups excluding carboxylic acids is 2. The Labute approximate surface area is 345 Å². The van der Waals surface area contributed by atoms with Crippen LogP contribution in [-0.4, -0.2) is 89.3 Å². The Morgan fingerprint density at radius 1 is 0.673 bits per heavy atom. The van der Waals surface area contributed by atoms with E-state index in [9.17, 15) is 23.8 Å². The predicted octanol–water partition coefficient (Wildman–Crippen LogP) is 9.73. The number of carboxylic acids is 1. The molecule has 3 atom stereocenters. The maximum absolute atomic E-state index is 12.9. The molecule has 11 nitrogen and oxygen atoms in total. The van der Waals surface area contributed by atoms with Gasteiger partial charge in [-0.1, -0.05) is 148 Å². The van der Waals surface area contributed by atoms with E-state index >= 15 is 0 Å². The van der Waals surface area contributed by atoms with Crippen LogP contribution in [0.2, 0.25) is 0 Å². The summed E-state index contributed by atoms with van der Waals surface area (Å²) in [5.74, 6) is -3.98. The summed E-state index contributed by atoms with van der Waals surface area (Å²) in [4.78, 5) is 46.7. The van der Waals surface area contributed by atoms with Crippen molar-refractivity contribution in [2.75, 3.05) is 19.7 Å². The van der Waals surface area contributed by atoms with Crippen LogP contribution in [-0.2, 0) is 37.5 Å². The number of nitrogens with two attached hydrogens (primary N) is 1. The zero-order valence-corrected chi connectivity index (χ0v) is 35.6. The van der Waals surface area contributed by atoms with Gasteiger partial charge in [0, 0.05) is 42.4 Å². The predicted molar refractivity (Wildman–Crippen MR) is 209 cm³/mol. The number of phosphoric acid groups is 1. The fraction of sp³-hybridized carbons (Fsp3) is 0.872. The molecule has 0 rings (SSSR count). The van der Waals surface area contributed by atoms with E-state index in [1.54, 1.807) is 0 Å². The third kappa shape index (κ3) is 37.5. The zero-order valence-electron chi connectivity index (χ0n) is 37.7. The number of carbonyl (C=O) groups is 3. The van der Waals surface area contributed by atoms with Crippen LogP contribution in [0.3, 0.4) is 0 Å². The molecule has 0 aromatic rings. The molecule has 0 saturated carbocycles. The first-order valence-corrected chi connectivity index (χ1v) is 21.2. The van der Waals surface area contributed by atoms with Crippen LogP contribution in [0.1, 0.15) is 194 Å². The van der Waals surface area contributed by atoms with Crippen LogP contribution in [0.15, 0.2) is 12.2 Å². The first-order valence-electron chi connectivity index (χ1n) is 22.2. The number of esters is 2.